The van der Waals surface area contributed by atoms with Crippen molar-refractivity contribution in [2.75, 3.05) is 24.2 Å². The summed E-state index contributed by atoms with van der Waals surface area (Å²) in [6, 6.07) is 14.9. The molecule has 6 nitrogen and oxygen atoms in total. The van der Waals surface area contributed by atoms with Gasteiger partial charge in [-0.3, -0.25) is 14.4 Å². The molecule has 0 bridgehead atoms. The zero-order valence-electron chi connectivity index (χ0n) is 15.8. The van der Waals surface area contributed by atoms with Gasteiger partial charge in [-0.25, -0.2) is 0 Å². The normalized spacial score (nSPS) is 10.4. The van der Waals surface area contributed by atoms with E-state index in [9.17, 15) is 14.4 Å². The van der Waals surface area contributed by atoms with Crippen LogP contribution in [-0.2, 0) is 4.79 Å². The largest absolute Gasteiger partial charge is 0.332 e. The van der Waals surface area contributed by atoms with Gasteiger partial charge in [-0.15, -0.1) is 11.3 Å². The lowest BCUT2D eigenvalue weighted by molar-refractivity contribution is -0.116. The van der Waals surface area contributed by atoms with E-state index in [2.05, 4.69) is 10.6 Å². The lowest BCUT2D eigenvalue weighted by atomic mass is 10.1. The van der Waals surface area contributed by atoms with Gasteiger partial charge in [0.05, 0.1) is 27.2 Å². The zero-order valence-corrected chi connectivity index (χ0v) is 18.1. The van der Waals surface area contributed by atoms with Gasteiger partial charge in [0.15, 0.2) is 0 Å². The molecule has 3 rings (SSSR count). The predicted molar refractivity (Wildman–Crippen MR) is 121 cm³/mol. The molecule has 0 saturated heterocycles. The molecular formula is C21H17Cl2N3O3S. The summed E-state index contributed by atoms with van der Waals surface area (Å²) in [5, 5.41) is 7.79. The molecule has 3 amide bonds. The number of benzene rings is 2. The van der Waals surface area contributed by atoms with Gasteiger partial charge in [0.2, 0.25) is 5.91 Å². The average Bonchev–Trinajstić information content (AvgIpc) is 3.25. The second-order valence-electron chi connectivity index (χ2n) is 6.32. The summed E-state index contributed by atoms with van der Waals surface area (Å²) >= 11 is 13.4. The van der Waals surface area contributed by atoms with Gasteiger partial charge >= 0.3 is 0 Å². The number of thiophene rings is 1. The standard InChI is InChI=1S/C21H17Cl2N3O3S/c1-26(12-18(27)25-19-15(22)7-3-8-16(19)23)21(29)13-5-2-6-14(11-13)24-20(28)17-9-4-10-30-17/h2-11H,12H2,1H3,(H,24,28)(H,25,27). The molecule has 30 heavy (non-hydrogen) atoms. The molecule has 1 aromatic heterocycles. The third-order valence-corrected chi connectivity index (χ3v) is 5.57. The minimum absolute atomic E-state index is 0.202. The molecule has 2 aromatic carbocycles. The number of anilines is 2. The van der Waals surface area contributed by atoms with Crippen LogP contribution >= 0.6 is 34.5 Å². The van der Waals surface area contributed by atoms with E-state index in [4.69, 9.17) is 23.2 Å². The number of nitrogens with one attached hydrogen (secondary N) is 2. The van der Waals surface area contributed by atoms with Crippen molar-refractivity contribution in [1.29, 1.82) is 0 Å². The Morgan fingerprint density at radius 2 is 1.67 bits per heavy atom. The number of likely N-dealkylation sites (N-methyl/N-ethyl adjacent to an activating group) is 1. The Morgan fingerprint density at radius 1 is 0.967 bits per heavy atom. The Labute approximate surface area is 187 Å². The molecule has 0 saturated carbocycles. The molecule has 0 spiro atoms. The third kappa shape index (κ3) is 5.38. The van der Waals surface area contributed by atoms with Crippen molar-refractivity contribution in [3.8, 4) is 0 Å². The number of para-hydroxylation sites is 1. The number of nitrogens with zero attached hydrogens (tertiary/aromatic N) is 1. The Bertz CT molecular complexity index is 1070. The lowest BCUT2D eigenvalue weighted by Gasteiger charge is -2.18. The first-order chi connectivity index (χ1) is 14.3. The van der Waals surface area contributed by atoms with E-state index in [1.165, 1.54) is 23.3 Å². The van der Waals surface area contributed by atoms with E-state index in [1.807, 2.05) is 5.38 Å². The van der Waals surface area contributed by atoms with Crippen molar-refractivity contribution in [2.24, 2.45) is 0 Å². The van der Waals surface area contributed by atoms with Gasteiger partial charge < -0.3 is 15.5 Å². The SMILES string of the molecule is CN(CC(=O)Nc1c(Cl)cccc1Cl)C(=O)c1cccc(NC(=O)c2cccs2)c1. The molecule has 3 aromatic rings. The number of halogens is 2. The summed E-state index contributed by atoms with van der Waals surface area (Å²) in [4.78, 5) is 39.1. The molecule has 0 atom stereocenters. The molecule has 9 heteroatoms. The second kappa shape index (κ2) is 9.75. The molecule has 1 heterocycles. The summed E-state index contributed by atoms with van der Waals surface area (Å²) in [5.41, 5.74) is 1.12. The first-order valence-electron chi connectivity index (χ1n) is 8.79. The molecule has 0 unspecified atom stereocenters. The van der Waals surface area contributed by atoms with Gasteiger partial charge in [0.1, 0.15) is 0 Å². The number of amides is 3. The molecule has 0 aliphatic rings. The van der Waals surface area contributed by atoms with Crippen LogP contribution in [0.3, 0.4) is 0 Å². The summed E-state index contributed by atoms with van der Waals surface area (Å²) in [6.45, 7) is -0.202. The van der Waals surface area contributed by atoms with Crippen LogP contribution < -0.4 is 10.6 Å². The number of carbonyl (C=O) groups is 3. The summed E-state index contributed by atoms with van der Waals surface area (Å²) in [5.74, 6) is -1.07. The minimum Gasteiger partial charge on any atom is -0.332 e. The first-order valence-corrected chi connectivity index (χ1v) is 10.4. The number of hydrogen-bond acceptors (Lipinski definition) is 4. The Kier molecular flexibility index (Phi) is 7.10. The Balaban J connectivity index is 1.64. The number of hydrogen-bond donors (Lipinski definition) is 2. The Hall–Kier alpha value is -2.87. The summed E-state index contributed by atoms with van der Waals surface area (Å²) in [7, 11) is 1.51. The fourth-order valence-electron chi connectivity index (χ4n) is 2.63. The highest BCUT2D eigenvalue weighted by molar-refractivity contribution is 7.12. The van der Waals surface area contributed by atoms with Crippen molar-refractivity contribution in [3.63, 3.8) is 0 Å². The van der Waals surface area contributed by atoms with E-state index in [-0.39, 0.29) is 18.4 Å². The van der Waals surface area contributed by atoms with Crippen LogP contribution in [0.2, 0.25) is 10.0 Å². The number of carbonyl (C=O) groups excluding carboxylic acids is 3. The van der Waals surface area contributed by atoms with Crippen LogP contribution in [0.1, 0.15) is 20.0 Å². The molecule has 0 radical (unpaired) electrons. The highest BCUT2D eigenvalue weighted by atomic mass is 35.5. The van der Waals surface area contributed by atoms with Crippen molar-refractivity contribution >= 4 is 63.6 Å². The maximum atomic E-state index is 12.7. The van der Waals surface area contributed by atoms with Crippen LogP contribution in [0.4, 0.5) is 11.4 Å². The predicted octanol–water partition coefficient (Wildman–Crippen LogP) is 5.02. The highest BCUT2D eigenvalue weighted by Crippen LogP contribution is 2.29. The summed E-state index contributed by atoms with van der Waals surface area (Å²) in [6.07, 6.45) is 0. The van der Waals surface area contributed by atoms with Gasteiger partial charge in [0, 0.05) is 18.3 Å². The quantitative estimate of drug-likeness (QED) is 0.540. The van der Waals surface area contributed by atoms with Gasteiger partial charge in [-0.1, -0.05) is 41.4 Å². The van der Waals surface area contributed by atoms with E-state index in [1.54, 1.807) is 54.6 Å². The van der Waals surface area contributed by atoms with E-state index in [0.29, 0.717) is 31.9 Å². The monoisotopic (exact) mass is 461 g/mol. The first kappa shape index (κ1) is 21.8. The fourth-order valence-corrected chi connectivity index (χ4v) is 3.75. The Morgan fingerprint density at radius 3 is 2.33 bits per heavy atom. The highest BCUT2D eigenvalue weighted by Gasteiger charge is 2.17. The van der Waals surface area contributed by atoms with Crippen molar-refractivity contribution in [1.82, 2.24) is 4.90 Å². The van der Waals surface area contributed by atoms with Crippen LogP contribution in [0.25, 0.3) is 0 Å². The summed E-state index contributed by atoms with van der Waals surface area (Å²) < 4.78 is 0. The van der Waals surface area contributed by atoms with Crippen molar-refractivity contribution in [3.05, 3.63) is 80.5 Å². The van der Waals surface area contributed by atoms with Crippen LogP contribution in [0.15, 0.2) is 60.0 Å². The van der Waals surface area contributed by atoms with Gasteiger partial charge in [-0.2, -0.15) is 0 Å². The molecular weight excluding hydrogens is 445 g/mol. The van der Waals surface area contributed by atoms with Crippen LogP contribution in [-0.4, -0.2) is 36.2 Å². The minimum atomic E-state index is -0.442. The van der Waals surface area contributed by atoms with E-state index < -0.39 is 5.91 Å². The van der Waals surface area contributed by atoms with Gasteiger partial charge in [-0.05, 0) is 41.8 Å². The van der Waals surface area contributed by atoms with E-state index >= 15 is 0 Å². The topological polar surface area (TPSA) is 78.5 Å². The smallest absolute Gasteiger partial charge is 0.265 e. The lowest BCUT2D eigenvalue weighted by Crippen LogP contribution is -2.35. The van der Waals surface area contributed by atoms with Crippen LogP contribution in [0.5, 0.6) is 0 Å². The molecule has 0 fully saturated rings. The maximum absolute atomic E-state index is 12.7. The van der Waals surface area contributed by atoms with E-state index in [0.717, 1.165) is 0 Å². The second-order valence-corrected chi connectivity index (χ2v) is 8.08. The molecule has 0 aliphatic heterocycles. The van der Waals surface area contributed by atoms with Crippen molar-refractivity contribution < 1.29 is 14.4 Å². The average molecular weight is 462 g/mol. The molecule has 2 N–H and O–H groups in total. The molecule has 0 aliphatic carbocycles. The van der Waals surface area contributed by atoms with Crippen LogP contribution in [0, 0.1) is 0 Å². The maximum Gasteiger partial charge on any atom is 0.265 e. The van der Waals surface area contributed by atoms with Crippen molar-refractivity contribution in [2.45, 2.75) is 0 Å². The van der Waals surface area contributed by atoms with Gasteiger partial charge in [0.25, 0.3) is 11.8 Å². The third-order valence-electron chi connectivity index (χ3n) is 4.07. The number of rotatable bonds is 6. The molecule has 154 valence electrons. The fraction of sp³-hybridized carbons (Fsp3) is 0.0952. The zero-order chi connectivity index (χ0) is 21.7.